The number of carbonyl (C=O) groups excluding carboxylic acids is 1. The maximum atomic E-state index is 12.3. The molecule has 0 radical (unpaired) electrons. The van der Waals surface area contributed by atoms with Gasteiger partial charge >= 0.3 is 0 Å². The van der Waals surface area contributed by atoms with Crippen molar-refractivity contribution in [2.75, 3.05) is 6.79 Å². The molecule has 0 bridgehead atoms. The Labute approximate surface area is 164 Å². The van der Waals surface area contributed by atoms with Gasteiger partial charge in [-0.1, -0.05) is 18.2 Å². The number of hydrogen-bond donors (Lipinski definition) is 1. The Morgan fingerprint density at radius 3 is 2.85 bits per heavy atom. The van der Waals surface area contributed by atoms with Gasteiger partial charge in [-0.05, 0) is 52.7 Å². The summed E-state index contributed by atoms with van der Waals surface area (Å²) in [5.41, 5.74) is 2.44. The maximum Gasteiger partial charge on any atom is 0.231 e. The Bertz CT molecular complexity index is 985. The van der Waals surface area contributed by atoms with Crippen molar-refractivity contribution in [2.45, 2.75) is 19.9 Å². The van der Waals surface area contributed by atoms with E-state index in [1.165, 1.54) is 0 Å². The van der Waals surface area contributed by atoms with Crippen LogP contribution in [0.15, 0.2) is 51.4 Å². The smallest absolute Gasteiger partial charge is 0.231 e. The largest absolute Gasteiger partial charge is 0.454 e. The Morgan fingerprint density at radius 1 is 1.22 bits per heavy atom. The molecular formula is C20H17BrN2O4. The normalized spacial score (nSPS) is 12.2. The number of benzene rings is 2. The van der Waals surface area contributed by atoms with Gasteiger partial charge in [0, 0.05) is 12.1 Å². The molecule has 0 atom stereocenters. The number of aromatic nitrogens is 1. The van der Waals surface area contributed by atoms with Crippen molar-refractivity contribution < 1.29 is 18.7 Å². The molecule has 1 aromatic heterocycles. The highest BCUT2D eigenvalue weighted by molar-refractivity contribution is 9.10. The Kier molecular flexibility index (Phi) is 4.85. The zero-order chi connectivity index (χ0) is 18.8. The zero-order valence-corrected chi connectivity index (χ0v) is 16.2. The first kappa shape index (κ1) is 17.6. The lowest BCUT2D eigenvalue weighted by molar-refractivity contribution is -0.120. The van der Waals surface area contributed by atoms with E-state index in [2.05, 4.69) is 26.2 Å². The van der Waals surface area contributed by atoms with Crippen LogP contribution in [0.4, 0.5) is 0 Å². The van der Waals surface area contributed by atoms with Gasteiger partial charge in [0.15, 0.2) is 11.5 Å². The monoisotopic (exact) mass is 428 g/mol. The van der Waals surface area contributed by atoms with Gasteiger partial charge in [0.2, 0.25) is 18.6 Å². The fourth-order valence-corrected chi connectivity index (χ4v) is 3.44. The number of ether oxygens (including phenoxy) is 2. The summed E-state index contributed by atoms with van der Waals surface area (Å²) < 4.78 is 17.3. The van der Waals surface area contributed by atoms with Crippen molar-refractivity contribution in [3.63, 3.8) is 0 Å². The average Bonchev–Trinajstić information content (AvgIpc) is 3.28. The quantitative estimate of drug-likeness (QED) is 0.664. The number of carbonyl (C=O) groups is 1. The van der Waals surface area contributed by atoms with Gasteiger partial charge in [-0.25, -0.2) is 4.98 Å². The number of hydrogen-bond acceptors (Lipinski definition) is 5. The molecule has 0 saturated heterocycles. The molecule has 0 fully saturated rings. The lowest BCUT2D eigenvalue weighted by Gasteiger charge is -2.07. The van der Waals surface area contributed by atoms with Gasteiger partial charge in [-0.3, -0.25) is 4.79 Å². The summed E-state index contributed by atoms with van der Waals surface area (Å²) in [6.07, 6.45) is 0.161. The SMILES string of the molecule is Cc1oc(-c2ccccc2)nc1CC(=O)NCc1cc(Br)c2c(c1)OCO2. The van der Waals surface area contributed by atoms with Crippen molar-refractivity contribution in [2.24, 2.45) is 0 Å². The van der Waals surface area contributed by atoms with Crippen LogP contribution in [-0.4, -0.2) is 17.7 Å². The molecule has 1 aliphatic heterocycles. The fourth-order valence-electron chi connectivity index (χ4n) is 2.83. The van der Waals surface area contributed by atoms with Gasteiger partial charge in [0.1, 0.15) is 5.76 Å². The van der Waals surface area contributed by atoms with E-state index in [9.17, 15) is 4.79 Å². The van der Waals surface area contributed by atoms with Gasteiger partial charge < -0.3 is 19.2 Å². The van der Waals surface area contributed by atoms with Crippen LogP contribution in [0.3, 0.4) is 0 Å². The minimum atomic E-state index is -0.125. The van der Waals surface area contributed by atoms with Crippen molar-refractivity contribution >= 4 is 21.8 Å². The molecule has 27 heavy (non-hydrogen) atoms. The molecule has 6 nitrogen and oxygen atoms in total. The molecule has 1 aliphatic rings. The second-order valence-electron chi connectivity index (χ2n) is 6.15. The van der Waals surface area contributed by atoms with Crippen LogP contribution in [0.1, 0.15) is 17.0 Å². The molecule has 0 saturated carbocycles. The van der Waals surface area contributed by atoms with E-state index < -0.39 is 0 Å². The van der Waals surface area contributed by atoms with Crippen LogP contribution in [0, 0.1) is 6.92 Å². The molecule has 0 aliphatic carbocycles. The lowest BCUT2D eigenvalue weighted by Crippen LogP contribution is -2.25. The van der Waals surface area contributed by atoms with Crippen LogP contribution < -0.4 is 14.8 Å². The summed E-state index contributed by atoms with van der Waals surface area (Å²) in [7, 11) is 0. The molecule has 138 valence electrons. The number of fused-ring (bicyclic) bond motifs is 1. The first-order chi connectivity index (χ1) is 13.1. The Morgan fingerprint density at radius 2 is 2.04 bits per heavy atom. The summed E-state index contributed by atoms with van der Waals surface area (Å²) in [4.78, 5) is 16.8. The van der Waals surface area contributed by atoms with E-state index in [1.807, 2.05) is 49.4 Å². The topological polar surface area (TPSA) is 73.6 Å². The van der Waals surface area contributed by atoms with Crippen LogP contribution in [0.25, 0.3) is 11.5 Å². The molecule has 1 amide bonds. The standard InChI is InChI=1S/C20H17BrN2O4/c1-12-16(23-20(27-12)14-5-3-2-4-6-14)9-18(24)22-10-13-7-15(21)19-17(8-13)25-11-26-19/h2-8H,9-11H2,1H3,(H,22,24). The third kappa shape index (κ3) is 3.83. The number of halogens is 1. The Balaban J connectivity index is 1.40. The molecule has 0 unspecified atom stereocenters. The van der Waals surface area contributed by atoms with E-state index in [1.54, 1.807) is 0 Å². The van der Waals surface area contributed by atoms with Crippen LogP contribution >= 0.6 is 15.9 Å². The third-order valence-corrected chi connectivity index (χ3v) is 4.81. The molecule has 1 N–H and O–H groups in total. The first-order valence-electron chi connectivity index (χ1n) is 8.46. The minimum absolute atomic E-state index is 0.125. The molecule has 4 rings (SSSR count). The molecule has 3 aromatic rings. The van der Waals surface area contributed by atoms with Crippen LogP contribution in [0.2, 0.25) is 0 Å². The number of amides is 1. The molecule has 2 heterocycles. The summed E-state index contributed by atoms with van der Waals surface area (Å²) in [6, 6.07) is 13.4. The molecule has 0 spiro atoms. The predicted molar refractivity (Wildman–Crippen MR) is 102 cm³/mol. The summed E-state index contributed by atoms with van der Waals surface area (Å²) in [5, 5.41) is 2.90. The third-order valence-electron chi connectivity index (χ3n) is 4.22. The fraction of sp³-hybridized carbons (Fsp3) is 0.200. The highest BCUT2D eigenvalue weighted by Gasteiger charge is 2.19. The van der Waals surface area contributed by atoms with Gasteiger partial charge in [0.25, 0.3) is 0 Å². The zero-order valence-electron chi connectivity index (χ0n) is 14.6. The lowest BCUT2D eigenvalue weighted by atomic mass is 10.2. The van der Waals surface area contributed by atoms with Crippen molar-refractivity contribution in [1.82, 2.24) is 10.3 Å². The minimum Gasteiger partial charge on any atom is -0.454 e. The van der Waals surface area contributed by atoms with E-state index in [-0.39, 0.29) is 19.1 Å². The second-order valence-corrected chi connectivity index (χ2v) is 7.01. The van der Waals surface area contributed by atoms with Gasteiger partial charge in [-0.15, -0.1) is 0 Å². The second kappa shape index (κ2) is 7.44. The predicted octanol–water partition coefficient (Wildman–Crippen LogP) is 4.00. The van der Waals surface area contributed by atoms with Crippen molar-refractivity contribution in [1.29, 1.82) is 0 Å². The van der Waals surface area contributed by atoms with E-state index in [0.29, 0.717) is 35.4 Å². The highest BCUT2D eigenvalue weighted by Crippen LogP contribution is 2.39. The van der Waals surface area contributed by atoms with Crippen molar-refractivity contribution in [3.8, 4) is 23.0 Å². The van der Waals surface area contributed by atoms with E-state index in [4.69, 9.17) is 13.9 Å². The Hall–Kier alpha value is -2.80. The van der Waals surface area contributed by atoms with Crippen LogP contribution in [0.5, 0.6) is 11.5 Å². The number of oxazole rings is 1. The number of nitrogens with one attached hydrogen (secondary N) is 1. The highest BCUT2D eigenvalue weighted by atomic mass is 79.9. The summed E-state index contributed by atoms with van der Waals surface area (Å²) in [6.45, 7) is 2.41. The number of aryl methyl sites for hydroxylation is 1. The number of nitrogens with zero attached hydrogens (tertiary/aromatic N) is 1. The molecule has 2 aromatic carbocycles. The van der Waals surface area contributed by atoms with E-state index in [0.717, 1.165) is 15.6 Å². The van der Waals surface area contributed by atoms with E-state index >= 15 is 0 Å². The molecular weight excluding hydrogens is 412 g/mol. The van der Waals surface area contributed by atoms with Gasteiger partial charge in [0.05, 0.1) is 16.6 Å². The van der Waals surface area contributed by atoms with Crippen LogP contribution in [-0.2, 0) is 17.8 Å². The first-order valence-corrected chi connectivity index (χ1v) is 9.26. The summed E-state index contributed by atoms with van der Waals surface area (Å²) in [5.74, 6) is 2.41. The summed E-state index contributed by atoms with van der Waals surface area (Å²) >= 11 is 3.45. The average molecular weight is 429 g/mol. The maximum absolute atomic E-state index is 12.3. The molecule has 7 heteroatoms. The van der Waals surface area contributed by atoms with Crippen molar-refractivity contribution in [3.05, 3.63) is 64.0 Å². The van der Waals surface area contributed by atoms with Gasteiger partial charge in [-0.2, -0.15) is 0 Å². The number of rotatable bonds is 5.